The van der Waals surface area contributed by atoms with E-state index in [2.05, 4.69) is 9.97 Å². The van der Waals surface area contributed by atoms with Crippen LogP contribution in [-0.2, 0) is 0 Å². The lowest BCUT2D eigenvalue weighted by Crippen LogP contribution is -2.10. The van der Waals surface area contributed by atoms with E-state index in [9.17, 15) is 14.9 Å². The number of thiophene rings is 2. The molecule has 1 aromatic carbocycles. The van der Waals surface area contributed by atoms with E-state index in [4.69, 9.17) is 11.6 Å². The van der Waals surface area contributed by atoms with Crippen LogP contribution < -0.4 is 5.56 Å². The van der Waals surface area contributed by atoms with Gasteiger partial charge in [0.05, 0.1) is 15.3 Å². The first-order valence-electron chi connectivity index (χ1n) is 9.06. The number of nitro groups is 1. The zero-order chi connectivity index (χ0) is 21.4. The number of hydrogen-bond acceptors (Lipinski definition) is 6. The molecule has 0 unspecified atom stereocenters. The molecule has 4 rings (SSSR count). The molecular formula is C21H16ClN3O3S2. The molecule has 0 atom stereocenters. The van der Waals surface area contributed by atoms with Gasteiger partial charge in [-0.1, -0.05) is 43.6 Å². The molecule has 0 amide bonds. The van der Waals surface area contributed by atoms with Gasteiger partial charge in [-0.2, -0.15) is 0 Å². The summed E-state index contributed by atoms with van der Waals surface area (Å²) in [4.78, 5) is 32.6. The number of H-pyrrole nitrogens is 1. The Kier molecular flexibility index (Phi) is 5.55. The maximum absolute atomic E-state index is 12.7. The second kappa shape index (κ2) is 8.14. The maximum Gasteiger partial charge on any atom is 0.273 e. The minimum atomic E-state index is -0.398. The third kappa shape index (κ3) is 3.81. The van der Waals surface area contributed by atoms with Gasteiger partial charge in [0.15, 0.2) is 5.82 Å². The van der Waals surface area contributed by atoms with Crippen molar-refractivity contribution in [3.63, 3.8) is 0 Å². The van der Waals surface area contributed by atoms with E-state index < -0.39 is 4.92 Å². The summed E-state index contributed by atoms with van der Waals surface area (Å²) in [5.74, 6) is 0.250. The first kappa shape index (κ1) is 20.5. The van der Waals surface area contributed by atoms with E-state index in [-0.39, 0.29) is 28.0 Å². The highest BCUT2D eigenvalue weighted by Gasteiger charge is 2.18. The lowest BCUT2D eigenvalue weighted by molar-refractivity contribution is -0.385. The van der Waals surface area contributed by atoms with Gasteiger partial charge < -0.3 is 4.98 Å². The Bertz CT molecular complexity index is 1340. The minimum absolute atomic E-state index is 0.0238. The predicted octanol–water partition coefficient (Wildman–Crippen LogP) is 6.48. The highest BCUT2D eigenvalue weighted by atomic mass is 35.5. The Hall–Kier alpha value is -2.81. The van der Waals surface area contributed by atoms with Crippen molar-refractivity contribution in [2.75, 3.05) is 0 Å². The number of nitrogens with zero attached hydrogens (tertiary/aromatic N) is 2. The molecule has 0 aliphatic heterocycles. The second-order valence-electron chi connectivity index (χ2n) is 6.94. The number of nitro benzene ring substituents is 1. The number of hydrogen-bond donors (Lipinski definition) is 1. The van der Waals surface area contributed by atoms with Crippen LogP contribution in [0.4, 0.5) is 5.69 Å². The monoisotopic (exact) mass is 457 g/mol. The molecule has 4 aromatic rings. The molecule has 152 valence electrons. The van der Waals surface area contributed by atoms with E-state index in [1.807, 2.05) is 36.7 Å². The van der Waals surface area contributed by atoms with Gasteiger partial charge in [0.1, 0.15) is 4.83 Å². The molecule has 0 saturated carbocycles. The summed E-state index contributed by atoms with van der Waals surface area (Å²) >= 11 is 9.35. The molecule has 3 aromatic heterocycles. The second-order valence-corrected chi connectivity index (χ2v) is 9.16. The summed E-state index contributed by atoms with van der Waals surface area (Å²) in [6, 6.07) is 8.86. The van der Waals surface area contributed by atoms with Crippen molar-refractivity contribution in [2.45, 2.75) is 19.8 Å². The van der Waals surface area contributed by atoms with E-state index >= 15 is 0 Å². The van der Waals surface area contributed by atoms with E-state index in [1.54, 1.807) is 29.5 Å². The zero-order valence-corrected chi connectivity index (χ0v) is 18.4. The molecular weight excluding hydrogens is 442 g/mol. The molecule has 9 heteroatoms. The molecule has 0 saturated heterocycles. The van der Waals surface area contributed by atoms with E-state index in [1.165, 1.54) is 17.4 Å². The van der Waals surface area contributed by atoms with Gasteiger partial charge in [-0.15, -0.1) is 22.7 Å². The lowest BCUT2D eigenvalue weighted by atomic mass is 9.99. The zero-order valence-electron chi connectivity index (χ0n) is 16.0. The predicted molar refractivity (Wildman–Crippen MR) is 124 cm³/mol. The molecule has 0 aliphatic carbocycles. The Morgan fingerprint density at radius 2 is 2.10 bits per heavy atom. The summed E-state index contributed by atoms with van der Waals surface area (Å²) in [7, 11) is 0. The summed E-state index contributed by atoms with van der Waals surface area (Å²) < 4.78 is 0. The molecule has 6 nitrogen and oxygen atoms in total. The first-order valence-corrected chi connectivity index (χ1v) is 11.2. The van der Waals surface area contributed by atoms with Gasteiger partial charge in [-0.05, 0) is 29.0 Å². The molecule has 0 fully saturated rings. The van der Waals surface area contributed by atoms with Crippen molar-refractivity contribution in [1.29, 1.82) is 0 Å². The third-order valence-electron chi connectivity index (χ3n) is 4.62. The van der Waals surface area contributed by atoms with Crippen LogP contribution >= 0.6 is 34.3 Å². The summed E-state index contributed by atoms with van der Waals surface area (Å²) in [5, 5.41) is 16.0. The van der Waals surface area contributed by atoms with Gasteiger partial charge in [0, 0.05) is 27.5 Å². The van der Waals surface area contributed by atoms with E-state index in [0.29, 0.717) is 21.3 Å². The third-order valence-corrected chi connectivity index (χ3v) is 6.69. The largest absolute Gasteiger partial charge is 0.305 e. The average molecular weight is 458 g/mol. The van der Waals surface area contributed by atoms with Crippen LogP contribution in [0.2, 0.25) is 0 Å². The Labute approximate surface area is 184 Å². The highest BCUT2D eigenvalue weighted by Crippen LogP contribution is 2.34. The number of fused-ring (bicyclic) bond motifs is 1. The van der Waals surface area contributed by atoms with Crippen LogP contribution in [-0.4, -0.2) is 14.9 Å². The minimum Gasteiger partial charge on any atom is -0.305 e. The number of halogens is 1. The van der Waals surface area contributed by atoms with Gasteiger partial charge >= 0.3 is 0 Å². The highest BCUT2D eigenvalue weighted by molar-refractivity contribution is 7.18. The first-order chi connectivity index (χ1) is 14.3. The van der Waals surface area contributed by atoms with Crippen LogP contribution in [0.1, 0.15) is 36.7 Å². The lowest BCUT2D eigenvalue weighted by Gasteiger charge is -2.07. The standard InChI is InChI=1S/C21H16ClN3O3S2/c1-11(2)13-6-5-12(9-16(13)25(27)28)8-15(22)19-23-20(26)18-14(10-30-21(18)24-19)17-4-3-7-29-17/h3-11H,1-2H3,(H,23,24,26)/b15-8-. The Morgan fingerprint density at radius 1 is 1.30 bits per heavy atom. The van der Waals surface area contributed by atoms with Crippen LogP contribution in [0.3, 0.4) is 0 Å². The van der Waals surface area contributed by atoms with Crippen LogP contribution in [0.25, 0.3) is 31.8 Å². The fourth-order valence-electron chi connectivity index (χ4n) is 3.19. The number of aromatic amines is 1. The normalized spacial score (nSPS) is 12.1. The van der Waals surface area contributed by atoms with Crippen molar-refractivity contribution in [2.24, 2.45) is 0 Å². The molecule has 3 heterocycles. The van der Waals surface area contributed by atoms with Crippen LogP contribution in [0.5, 0.6) is 0 Å². The molecule has 30 heavy (non-hydrogen) atoms. The Balaban J connectivity index is 1.76. The van der Waals surface area contributed by atoms with Crippen molar-refractivity contribution < 1.29 is 4.92 Å². The summed E-state index contributed by atoms with van der Waals surface area (Å²) in [5.41, 5.74) is 1.84. The summed E-state index contributed by atoms with van der Waals surface area (Å²) in [6.45, 7) is 3.81. The Morgan fingerprint density at radius 3 is 2.77 bits per heavy atom. The van der Waals surface area contributed by atoms with Crippen molar-refractivity contribution >= 4 is 61.3 Å². The quantitative estimate of drug-likeness (QED) is 0.274. The topological polar surface area (TPSA) is 88.9 Å². The molecule has 0 radical (unpaired) electrons. The van der Waals surface area contributed by atoms with Gasteiger partial charge in [-0.25, -0.2) is 4.98 Å². The molecule has 0 bridgehead atoms. The smallest absolute Gasteiger partial charge is 0.273 e. The van der Waals surface area contributed by atoms with Crippen molar-refractivity contribution in [1.82, 2.24) is 9.97 Å². The van der Waals surface area contributed by atoms with Gasteiger partial charge in [-0.3, -0.25) is 14.9 Å². The number of rotatable bonds is 5. The number of aromatic nitrogens is 2. The molecule has 0 aliphatic rings. The van der Waals surface area contributed by atoms with Crippen molar-refractivity contribution in [3.05, 3.63) is 78.5 Å². The molecule has 1 N–H and O–H groups in total. The maximum atomic E-state index is 12.7. The van der Waals surface area contributed by atoms with E-state index in [0.717, 1.165) is 10.4 Å². The molecule has 0 spiro atoms. The van der Waals surface area contributed by atoms with Gasteiger partial charge in [0.2, 0.25) is 0 Å². The van der Waals surface area contributed by atoms with Crippen LogP contribution in [0, 0.1) is 10.1 Å². The number of nitrogens with one attached hydrogen (secondary N) is 1. The van der Waals surface area contributed by atoms with Crippen LogP contribution in [0.15, 0.2) is 45.9 Å². The number of benzene rings is 1. The fourth-order valence-corrected chi connectivity index (χ4v) is 5.16. The fraction of sp³-hybridized carbons (Fsp3) is 0.143. The SMILES string of the molecule is CC(C)c1ccc(/C=C(\Cl)c2nc3scc(-c4cccs4)c3c(=O)[nH]2)cc1[N+](=O)[O-]. The van der Waals surface area contributed by atoms with Gasteiger partial charge in [0.25, 0.3) is 11.2 Å². The van der Waals surface area contributed by atoms with Crippen molar-refractivity contribution in [3.8, 4) is 10.4 Å². The summed E-state index contributed by atoms with van der Waals surface area (Å²) in [6.07, 6.45) is 1.57. The average Bonchev–Trinajstić information content (AvgIpc) is 3.37.